The maximum atomic E-state index is 11.9. The lowest BCUT2D eigenvalue weighted by atomic mass is 9.74. The van der Waals surface area contributed by atoms with Crippen LogP contribution >= 0.6 is 0 Å². The van der Waals surface area contributed by atoms with Crippen molar-refractivity contribution < 1.29 is 125 Å². The minimum absolute atomic E-state index is 0.0631. The van der Waals surface area contributed by atoms with Crippen LogP contribution in [0.3, 0.4) is 0 Å². The minimum atomic E-state index is -2.60. The lowest BCUT2D eigenvalue weighted by Crippen LogP contribution is -2.43. The van der Waals surface area contributed by atoms with Gasteiger partial charge in [0.2, 0.25) is 23.6 Å². The Morgan fingerprint density at radius 3 is 0.607 bits per heavy atom. The Bertz CT molecular complexity index is 2390. The van der Waals surface area contributed by atoms with Crippen molar-refractivity contribution in [1.82, 2.24) is 19.6 Å². The van der Waals surface area contributed by atoms with Gasteiger partial charge < -0.3 is 126 Å². The third-order valence-electron chi connectivity index (χ3n) is 25.1. The van der Waals surface area contributed by atoms with Crippen molar-refractivity contribution in [2.45, 2.75) is 272 Å². The maximum Gasteiger partial charge on any atom is 0.500 e. The lowest BCUT2D eigenvalue weighted by molar-refractivity contribution is -0.129. The summed E-state index contributed by atoms with van der Waals surface area (Å²) in [6.45, 7) is 25.3. The van der Waals surface area contributed by atoms with E-state index >= 15 is 0 Å². The summed E-state index contributed by atoms with van der Waals surface area (Å²) in [7, 11) is 19.3. The average Bonchev–Trinajstić information content (AvgIpc) is 0.841. The molecule has 0 heterocycles. The molecule has 0 radical (unpaired) electrons. The topological polar surface area (TPSA) is 303 Å². The maximum absolute atomic E-state index is 11.9. The number of carbonyl (C=O) groups is 4. The van der Waals surface area contributed by atoms with Crippen molar-refractivity contribution >= 4 is 94.1 Å². The SMILES string of the molecule is CCN(CCC(C)(CCC[Si](OC)(OC)OC)CCC[Si](OC)(OC)OC)C(C)=O.CCN(CCC(CC)(CCC[Si](OC)(OC)OC)CCC[Si](OC)(OC)OC)C(C)=O.CCN(CCC(CCCC[Si](OC)(OC)OC)CCCC[Si](OC)(OC)OC)C(C)=O.CCN(CCC(CCCC[Si](OC)(OC)OC)CCC[Si](OC)(OC)OC)C(C)=O. The first-order valence-electron chi connectivity index (χ1n) is 44.2. The third kappa shape index (κ3) is 49.2. The first kappa shape index (κ1) is 127. The van der Waals surface area contributed by atoms with Gasteiger partial charge in [-0.1, -0.05) is 65.2 Å². The second kappa shape index (κ2) is 72.3. The summed E-state index contributed by atoms with van der Waals surface area (Å²) in [5.41, 5.74) is 0.168. The van der Waals surface area contributed by atoms with Crippen molar-refractivity contribution in [3.63, 3.8) is 0 Å². The molecule has 0 aliphatic carbocycles. The molecule has 40 heteroatoms. The highest BCUT2D eigenvalue weighted by Crippen LogP contribution is 2.42. The Kier molecular flexibility index (Phi) is 75.2. The molecule has 4 amide bonds. The molecular formula is C82H184N4O28Si8. The van der Waals surface area contributed by atoms with E-state index in [0.29, 0.717) is 11.8 Å². The van der Waals surface area contributed by atoms with Gasteiger partial charge in [0.1, 0.15) is 0 Å². The van der Waals surface area contributed by atoms with Crippen LogP contribution in [0.1, 0.15) is 223 Å². The van der Waals surface area contributed by atoms with Crippen molar-refractivity contribution in [3.05, 3.63) is 0 Å². The van der Waals surface area contributed by atoms with E-state index in [9.17, 15) is 19.2 Å². The van der Waals surface area contributed by atoms with Crippen LogP contribution in [0.15, 0.2) is 0 Å². The molecule has 1 atom stereocenters. The van der Waals surface area contributed by atoms with Gasteiger partial charge in [0, 0.05) is 299 Å². The Labute approximate surface area is 752 Å². The van der Waals surface area contributed by atoms with Gasteiger partial charge in [-0.2, -0.15) is 0 Å². The van der Waals surface area contributed by atoms with Crippen LogP contribution < -0.4 is 0 Å². The zero-order valence-electron chi connectivity index (χ0n) is 83.7. The van der Waals surface area contributed by atoms with Crippen molar-refractivity contribution in [1.29, 1.82) is 0 Å². The molecule has 0 rings (SSSR count). The number of amides is 4. The Morgan fingerprint density at radius 2 is 0.410 bits per heavy atom. The highest BCUT2D eigenvalue weighted by atomic mass is 28.4. The van der Waals surface area contributed by atoms with E-state index in [1.807, 2.05) is 47.3 Å². The minimum Gasteiger partial charge on any atom is -0.377 e. The Balaban J connectivity index is -0.000000761. The molecule has 0 aromatic carbocycles. The van der Waals surface area contributed by atoms with Crippen LogP contribution in [-0.2, 0) is 125 Å². The van der Waals surface area contributed by atoms with Gasteiger partial charge in [-0.15, -0.1) is 0 Å². The second-order valence-corrected chi connectivity index (χ2v) is 56.0. The fraction of sp³-hybridized carbons (Fsp3) is 0.951. The molecule has 0 bridgehead atoms. The molecule has 0 saturated carbocycles. The fourth-order valence-corrected chi connectivity index (χ4v) is 30.0. The van der Waals surface area contributed by atoms with Gasteiger partial charge in [-0.3, -0.25) is 19.2 Å². The summed E-state index contributed by atoms with van der Waals surface area (Å²) in [5, 5.41) is 0. The standard InChI is InChI=1S/2C21H47NO7Si2.2C20H45NO7Si2/c1-10-21(16-17-22(11-2)20(3)23,14-12-18-30(24-4,25-5)26-6)15-13-19-31(27-7,28-8)29-9;1-9-22(20(2)23)17-16-21(14-10-12-18-30(24-3,25-4)26-5)15-11-13-19-31(27-6,28-7)29-8;1-10-21(19(2)22)16-15-20(3,13-11-17-29(23-4,24-5)25-6)14-12-18-30(26-7,27-8)28-9;1-9-21(19(2)22)16-15-20(14-12-18-30(26-6,27-7)28-8)13-10-11-17-29(23-3,24-4)25-5/h10-19H2,1-9H3;21H,9-19H2,1-8H3;10-18H2,1-9H3;20H,9-18H2,1-8H3. The van der Waals surface area contributed by atoms with E-state index in [-0.39, 0.29) is 34.5 Å². The first-order chi connectivity index (χ1) is 58.0. The van der Waals surface area contributed by atoms with Gasteiger partial charge >= 0.3 is 70.4 Å². The van der Waals surface area contributed by atoms with Crippen molar-refractivity contribution in [2.24, 2.45) is 22.7 Å². The molecule has 122 heavy (non-hydrogen) atoms. The van der Waals surface area contributed by atoms with Crippen LogP contribution in [0.4, 0.5) is 0 Å². The molecule has 0 saturated heterocycles. The molecule has 0 fully saturated rings. The van der Waals surface area contributed by atoms with Crippen LogP contribution in [0, 0.1) is 22.7 Å². The summed E-state index contributed by atoms with van der Waals surface area (Å²) >= 11 is 0. The summed E-state index contributed by atoms with van der Waals surface area (Å²) < 4.78 is 133. The lowest BCUT2D eigenvalue weighted by Gasteiger charge is -2.37. The molecule has 732 valence electrons. The molecular weight excluding hydrogens is 1710 g/mol. The second-order valence-electron chi connectivity index (χ2n) is 31.3. The molecule has 32 nitrogen and oxygen atoms in total. The molecule has 0 spiro atoms. The van der Waals surface area contributed by atoms with Crippen LogP contribution in [0.2, 0.25) is 48.4 Å². The normalized spacial score (nSPS) is 13.0. The predicted molar refractivity (Wildman–Crippen MR) is 498 cm³/mol. The number of hydrogen-bond donors (Lipinski definition) is 0. The Morgan fingerprint density at radius 1 is 0.230 bits per heavy atom. The van der Waals surface area contributed by atoms with E-state index in [1.54, 1.807) is 198 Å². The van der Waals surface area contributed by atoms with E-state index in [0.717, 1.165) is 255 Å². The number of hydrogen-bond acceptors (Lipinski definition) is 28. The Hall–Kier alpha value is -1.34. The van der Waals surface area contributed by atoms with E-state index in [4.69, 9.17) is 106 Å². The van der Waals surface area contributed by atoms with Crippen LogP contribution in [0.25, 0.3) is 0 Å². The van der Waals surface area contributed by atoms with Crippen LogP contribution in [0.5, 0.6) is 0 Å². The van der Waals surface area contributed by atoms with Gasteiger partial charge in [-0.05, 0) is 153 Å². The largest absolute Gasteiger partial charge is 0.500 e. The summed E-state index contributed by atoms with van der Waals surface area (Å²) in [6.07, 6.45) is 24.4. The number of carbonyl (C=O) groups excluding carboxylic acids is 4. The molecule has 0 aliphatic rings. The van der Waals surface area contributed by atoms with Gasteiger partial charge in [0.05, 0.1) is 0 Å². The van der Waals surface area contributed by atoms with E-state index in [2.05, 4.69) is 13.8 Å². The number of unbranched alkanes of at least 4 members (excludes halogenated alkanes) is 3. The van der Waals surface area contributed by atoms with Crippen LogP contribution in [-0.4, -0.2) is 337 Å². The highest BCUT2D eigenvalue weighted by Gasteiger charge is 2.45. The predicted octanol–water partition coefficient (Wildman–Crippen LogP) is 15.1. The molecule has 1 unspecified atom stereocenters. The summed E-state index contributed by atoms with van der Waals surface area (Å²) in [4.78, 5) is 55.0. The van der Waals surface area contributed by atoms with Crippen molar-refractivity contribution in [3.8, 4) is 0 Å². The quantitative estimate of drug-likeness (QED) is 0.0403. The number of rotatable bonds is 76. The fourth-order valence-electron chi connectivity index (χ4n) is 16.0. The van der Waals surface area contributed by atoms with Crippen molar-refractivity contribution in [2.75, 3.05) is 223 Å². The summed E-state index contributed by atoms with van der Waals surface area (Å²) in [6, 6.07) is 6.33. The van der Waals surface area contributed by atoms with E-state index in [1.165, 1.54) is 0 Å². The third-order valence-corrected chi connectivity index (χ3v) is 47.7. The molecule has 0 aromatic heterocycles. The van der Waals surface area contributed by atoms with E-state index < -0.39 is 70.4 Å². The highest BCUT2D eigenvalue weighted by molar-refractivity contribution is 6.63. The van der Waals surface area contributed by atoms with Gasteiger partial charge in [0.15, 0.2) is 0 Å². The smallest absolute Gasteiger partial charge is 0.377 e. The monoisotopic (exact) mass is 1900 g/mol. The average molecular weight is 1900 g/mol. The number of nitrogens with zero attached hydrogens (tertiary/aromatic N) is 4. The zero-order chi connectivity index (χ0) is 94.0. The summed E-state index contributed by atoms with van der Waals surface area (Å²) in [5.74, 6) is 1.63. The first-order valence-corrected chi connectivity index (χ1v) is 59.7. The molecule has 0 aliphatic heterocycles. The zero-order valence-corrected chi connectivity index (χ0v) is 91.7. The van der Waals surface area contributed by atoms with Gasteiger partial charge in [-0.25, -0.2) is 0 Å². The van der Waals surface area contributed by atoms with Gasteiger partial charge in [0.25, 0.3) is 0 Å². The molecule has 0 aromatic rings. The molecule has 0 N–H and O–H groups in total.